The van der Waals surface area contributed by atoms with Crippen LogP contribution in [-0.4, -0.2) is 22.9 Å². The maximum Gasteiger partial charge on any atom is 0.0624 e. The standard InChI is InChI=1S/C15H27N3/c1-4-9-16-12-15(7-6-8-15)11-14-10-13(5-2)17-18(14)3/h10,16H,4-9,11-12H2,1-3H3. The van der Waals surface area contributed by atoms with Crippen molar-refractivity contribution in [3.8, 4) is 0 Å². The molecule has 0 bridgehead atoms. The van der Waals surface area contributed by atoms with Gasteiger partial charge >= 0.3 is 0 Å². The molecule has 1 aromatic heterocycles. The molecule has 1 aliphatic rings. The molecule has 1 fully saturated rings. The summed E-state index contributed by atoms with van der Waals surface area (Å²) in [6.45, 7) is 6.73. The summed E-state index contributed by atoms with van der Waals surface area (Å²) in [7, 11) is 2.08. The van der Waals surface area contributed by atoms with Crippen molar-refractivity contribution in [1.29, 1.82) is 0 Å². The minimum atomic E-state index is 0.508. The summed E-state index contributed by atoms with van der Waals surface area (Å²) in [5.74, 6) is 0. The fourth-order valence-corrected chi connectivity index (χ4v) is 2.92. The second kappa shape index (κ2) is 5.87. The molecule has 3 nitrogen and oxygen atoms in total. The molecule has 1 aromatic rings. The Balaban J connectivity index is 1.98. The van der Waals surface area contributed by atoms with Crippen LogP contribution in [0.3, 0.4) is 0 Å². The van der Waals surface area contributed by atoms with Gasteiger partial charge in [0, 0.05) is 19.3 Å². The second-order valence-electron chi connectivity index (χ2n) is 5.81. The molecule has 0 atom stereocenters. The average molecular weight is 249 g/mol. The summed E-state index contributed by atoms with van der Waals surface area (Å²) in [4.78, 5) is 0. The maximum atomic E-state index is 4.56. The van der Waals surface area contributed by atoms with Crippen molar-refractivity contribution in [2.45, 2.75) is 52.4 Å². The van der Waals surface area contributed by atoms with E-state index >= 15 is 0 Å². The fraction of sp³-hybridized carbons (Fsp3) is 0.800. The lowest BCUT2D eigenvalue weighted by atomic mass is 9.66. The topological polar surface area (TPSA) is 29.9 Å². The minimum absolute atomic E-state index is 0.508. The quantitative estimate of drug-likeness (QED) is 0.753. The van der Waals surface area contributed by atoms with Gasteiger partial charge in [-0.25, -0.2) is 0 Å². The van der Waals surface area contributed by atoms with Crippen molar-refractivity contribution in [2.75, 3.05) is 13.1 Å². The SMILES string of the molecule is CCCNCC1(Cc2cc(CC)nn2C)CCC1. The van der Waals surface area contributed by atoms with Crippen LogP contribution >= 0.6 is 0 Å². The van der Waals surface area contributed by atoms with Crippen molar-refractivity contribution in [3.05, 3.63) is 17.5 Å². The molecular formula is C15H27N3. The Morgan fingerprint density at radius 1 is 1.39 bits per heavy atom. The van der Waals surface area contributed by atoms with E-state index in [0.29, 0.717) is 5.41 Å². The summed E-state index contributed by atoms with van der Waals surface area (Å²) in [5, 5.41) is 8.17. The van der Waals surface area contributed by atoms with Gasteiger partial charge in [-0.2, -0.15) is 5.10 Å². The molecule has 0 aliphatic heterocycles. The smallest absolute Gasteiger partial charge is 0.0624 e. The first-order chi connectivity index (χ1) is 8.69. The van der Waals surface area contributed by atoms with Crippen molar-refractivity contribution in [3.63, 3.8) is 0 Å². The van der Waals surface area contributed by atoms with Crippen molar-refractivity contribution in [2.24, 2.45) is 12.5 Å². The van der Waals surface area contributed by atoms with E-state index in [1.165, 1.54) is 50.0 Å². The van der Waals surface area contributed by atoms with Crippen LogP contribution in [0.2, 0.25) is 0 Å². The van der Waals surface area contributed by atoms with Crippen LogP contribution in [-0.2, 0) is 19.9 Å². The van der Waals surface area contributed by atoms with Gasteiger partial charge < -0.3 is 5.32 Å². The van der Waals surface area contributed by atoms with Gasteiger partial charge in [0.15, 0.2) is 0 Å². The van der Waals surface area contributed by atoms with E-state index < -0.39 is 0 Å². The van der Waals surface area contributed by atoms with Crippen molar-refractivity contribution < 1.29 is 0 Å². The third-order valence-corrected chi connectivity index (χ3v) is 4.29. The molecule has 0 aromatic carbocycles. The second-order valence-corrected chi connectivity index (χ2v) is 5.81. The van der Waals surface area contributed by atoms with Gasteiger partial charge in [-0.3, -0.25) is 4.68 Å². The average Bonchev–Trinajstić information content (AvgIpc) is 2.67. The molecule has 2 rings (SSSR count). The predicted molar refractivity (Wildman–Crippen MR) is 75.7 cm³/mol. The third kappa shape index (κ3) is 2.94. The number of nitrogens with zero attached hydrogens (tertiary/aromatic N) is 2. The first kappa shape index (κ1) is 13.6. The summed E-state index contributed by atoms with van der Waals surface area (Å²) in [6, 6.07) is 2.29. The van der Waals surface area contributed by atoms with Crippen LogP contribution in [0.25, 0.3) is 0 Å². The highest BCUT2D eigenvalue weighted by molar-refractivity contribution is 5.13. The molecule has 1 saturated carbocycles. The van der Waals surface area contributed by atoms with Crippen LogP contribution in [0.5, 0.6) is 0 Å². The number of rotatable bonds is 7. The van der Waals surface area contributed by atoms with Gasteiger partial charge in [-0.1, -0.05) is 20.3 Å². The molecule has 0 unspecified atom stereocenters. The minimum Gasteiger partial charge on any atom is -0.316 e. The Morgan fingerprint density at radius 3 is 2.67 bits per heavy atom. The summed E-state index contributed by atoms with van der Waals surface area (Å²) in [5.41, 5.74) is 3.14. The zero-order chi connectivity index (χ0) is 13.0. The number of aromatic nitrogens is 2. The van der Waals surface area contributed by atoms with Crippen LogP contribution in [0.4, 0.5) is 0 Å². The molecule has 1 aliphatic carbocycles. The fourth-order valence-electron chi connectivity index (χ4n) is 2.92. The molecule has 0 spiro atoms. The molecule has 102 valence electrons. The zero-order valence-corrected chi connectivity index (χ0v) is 12.1. The van der Waals surface area contributed by atoms with E-state index in [4.69, 9.17) is 0 Å². The number of hydrogen-bond acceptors (Lipinski definition) is 2. The van der Waals surface area contributed by atoms with Crippen LogP contribution in [0, 0.1) is 5.41 Å². The Kier molecular flexibility index (Phi) is 4.44. The lowest BCUT2D eigenvalue weighted by molar-refractivity contribution is 0.127. The number of nitrogens with one attached hydrogen (secondary N) is 1. The molecule has 0 amide bonds. The summed E-state index contributed by atoms with van der Waals surface area (Å²) in [6.07, 6.45) is 7.59. The van der Waals surface area contributed by atoms with Gasteiger partial charge in [0.2, 0.25) is 0 Å². The Labute approximate surface area is 111 Å². The molecule has 18 heavy (non-hydrogen) atoms. The van der Waals surface area contributed by atoms with Gasteiger partial charge in [-0.05, 0) is 50.1 Å². The van der Waals surface area contributed by atoms with Crippen LogP contribution < -0.4 is 5.32 Å². The monoisotopic (exact) mass is 249 g/mol. The van der Waals surface area contributed by atoms with Crippen LogP contribution in [0.15, 0.2) is 6.07 Å². The highest BCUT2D eigenvalue weighted by atomic mass is 15.3. The number of aryl methyl sites for hydroxylation is 2. The molecule has 0 radical (unpaired) electrons. The predicted octanol–water partition coefficient (Wildman–Crippen LogP) is 2.69. The zero-order valence-electron chi connectivity index (χ0n) is 12.1. The molecule has 0 saturated heterocycles. The highest BCUT2D eigenvalue weighted by Gasteiger charge is 2.37. The van der Waals surface area contributed by atoms with E-state index in [1.54, 1.807) is 0 Å². The van der Waals surface area contributed by atoms with E-state index in [-0.39, 0.29) is 0 Å². The van der Waals surface area contributed by atoms with E-state index in [9.17, 15) is 0 Å². The molecule has 1 heterocycles. The van der Waals surface area contributed by atoms with Gasteiger partial charge in [0.1, 0.15) is 0 Å². The Bertz CT molecular complexity index is 377. The van der Waals surface area contributed by atoms with Crippen LogP contribution in [0.1, 0.15) is 50.9 Å². The molecule has 1 N–H and O–H groups in total. The lowest BCUT2D eigenvalue weighted by Gasteiger charge is -2.42. The summed E-state index contributed by atoms with van der Waals surface area (Å²) >= 11 is 0. The van der Waals surface area contributed by atoms with Gasteiger partial charge in [0.25, 0.3) is 0 Å². The van der Waals surface area contributed by atoms with Gasteiger partial charge in [-0.15, -0.1) is 0 Å². The van der Waals surface area contributed by atoms with E-state index in [0.717, 1.165) is 13.0 Å². The first-order valence-corrected chi connectivity index (χ1v) is 7.41. The van der Waals surface area contributed by atoms with Gasteiger partial charge in [0.05, 0.1) is 5.69 Å². The molecule has 3 heteroatoms. The normalized spacial score (nSPS) is 17.7. The largest absolute Gasteiger partial charge is 0.316 e. The molecular weight excluding hydrogens is 222 g/mol. The summed E-state index contributed by atoms with van der Waals surface area (Å²) < 4.78 is 2.08. The Hall–Kier alpha value is -0.830. The van der Waals surface area contributed by atoms with Crippen molar-refractivity contribution in [1.82, 2.24) is 15.1 Å². The number of hydrogen-bond donors (Lipinski definition) is 1. The van der Waals surface area contributed by atoms with Crippen molar-refractivity contribution >= 4 is 0 Å². The third-order valence-electron chi connectivity index (χ3n) is 4.29. The van der Waals surface area contributed by atoms with E-state index in [2.05, 4.69) is 42.1 Å². The highest BCUT2D eigenvalue weighted by Crippen LogP contribution is 2.43. The lowest BCUT2D eigenvalue weighted by Crippen LogP contribution is -2.42. The maximum absolute atomic E-state index is 4.56. The Morgan fingerprint density at radius 2 is 2.17 bits per heavy atom. The first-order valence-electron chi connectivity index (χ1n) is 7.41. The van der Waals surface area contributed by atoms with E-state index in [1.807, 2.05) is 0 Å².